The van der Waals surface area contributed by atoms with E-state index in [1.54, 1.807) is 11.4 Å². The van der Waals surface area contributed by atoms with Gasteiger partial charge in [0, 0.05) is 16.8 Å². The Balaban J connectivity index is 2.24. The van der Waals surface area contributed by atoms with Crippen LogP contribution < -0.4 is 11.1 Å². The number of nitrogens with one attached hydrogen (secondary N) is 1. The molecule has 1 unspecified atom stereocenters. The van der Waals surface area contributed by atoms with E-state index in [1.807, 2.05) is 6.92 Å². The standard InChI is InChI=1S/C11H18N2O2S/c1-2-9(14)3-4-13-6-10-5-8(7-16-10)11(12)15/h5,7,9,13-14H,2-4,6H2,1H3,(H2,12,15). The van der Waals surface area contributed by atoms with Gasteiger partial charge in [-0.15, -0.1) is 11.3 Å². The van der Waals surface area contributed by atoms with Crippen LogP contribution in [0.4, 0.5) is 0 Å². The monoisotopic (exact) mass is 242 g/mol. The first-order valence-corrected chi connectivity index (χ1v) is 6.27. The van der Waals surface area contributed by atoms with Crippen LogP contribution in [0.5, 0.6) is 0 Å². The van der Waals surface area contributed by atoms with Crippen LogP contribution in [0.3, 0.4) is 0 Å². The second kappa shape index (κ2) is 6.62. The Hall–Kier alpha value is -0.910. The zero-order valence-corrected chi connectivity index (χ0v) is 10.2. The van der Waals surface area contributed by atoms with Crippen molar-refractivity contribution in [2.45, 2.75) is 32.4 Å². The number of amides is 1. The molecule has 0 aromatic carbocycles. The van der Waals surface area contributed by atoms with Crippen LogP contribution >= 0.6 is 11.3 Å². The van der Waals surface area contributed by atoms with E-state index in [0.29, 0.717) is 12.1 Å². The lowest BCUT2D eigenvalue weighted by atomic mass is 10.2. The molecule has 90 valence electrons. The van der Waals surface area contributed by atoms with Crippen LogP contribution in [0.1, 0.15) is 35.0 Å². The summed E-state index contributed by atoms with van der Waals surface area (Å²) in [6, 6.07) is 1.80. The minimum atomic E-state index is -0.385. The molecule has 4 N–H and O–H groups in total. The van der Waals surface area contributed by atoms with Gasteiger partial charge in [-0.1, -0.05) is 6.92 Å². The number of thiophene rings is 1. The predicted octanol–water partition coefficient (Wildman–Crippen LogP) is 1.10. The van der Waals surface area contributed by atoms with Gasteiger partial charge in [0.1, 0.15) is 0 Å². The Morgan fingerprint density at radius 3 is 3.00 bits per heavy atom. The summed E-state index contributed by atoms with van der Waals surface area (Å²) in [5.74, 6) is -0.385. The third-order valence-electron chi connectivity index (χ3n) is 2.36. The topological polar surface area (TPSA) is 75.3 Å². The van der Waals surface area contributed by atoms with Crippen molar-refractivity contribution in [3.05, 3.63) is 21.9 Å². The van der Waals surface area contributed by atoms with Crippen LogP contribution in [0, 0.1) is 0 Å². The number of carbonyl (C=O) groups is 1. The number of aliphatic hydroxyl groups excluding tert-OH is 1. The Labute approximate surface area is 99.5 Å². The fourth-order valence-corrected chi connectivity index (χ4v) is 2.13. The molecule has 0 bridgehead atoms. The molecule has 1 aromatic heterocycles. The summed E-state index contributed by atoms with van der Waals surface area (Å²) in [7, 11) is 0. The van der Waals surface area contributed by atoms with Gasteiger partial charge in [-0.2, -0.15) is 0 Å². The van der Waals surface area contributed by atoms with Crippen LogP contribution in [0.25, 0.3) is 0 Å². The minimum Gasteiger partial charge on any atom is -0.393 e. The second-order valence-corrected chi connectivity index (χ2v) is 4.69. The van der Waals surface area contributed by atoms with E-state index in [9.17, 15) is 9.90 Å². The number of hydrogen-bond acceptors (Lipinski definition) is 4. The molecule has 1 rings (SSSR count). The number of carbonyl (C=O) groups excluding carboxylic acids is 1. The van der Waals surface area contributed by atoms with Crippen molar-refractivity contribution in [1.82, 2.24) is 5.32 Å². The Morgan fingerprint density at radius 2 is 2.44 bits per heavy atom. The normalized spacial score (nSPS) is 12.6. The van der Waals surface area contributed by atoms with Crippen LogP contribution in [0.15, 0.2) is 11.4 Å². The van der Waals surface area contributed by atoms with E-state index in [0.717, 1.165) is 24.3 Å². The first kappa shape index (κ1) is 13.2. The highest BCUT2D eigenvalue weighted by Crippen LogP contribution is 2.13. The average Bonchev–Trinajstić information content (AvgIpc) is 2.72. The molecule has 4 nitrogen and oxygen atoms in total. The highest BCUT2D eigenvalue weighted by atomic mass is 32.1. The molecule has 0 aliphatic heterocycles. The molecule has 1 atom stereocenters. The molecule has 0 saturated carbocycles. The minimum absolute atomic E-state index is 0.225. The van der Waals surface area contributed by atoms with Crippen molar-refractivity contribution < 1.29 is 9.90 Å². The second-order valence-electron chi connectivity index (χ2n) is 3.69. The largest absolute Gasteiger partial charge is 0.393 e. The summed E-state index contributed by atoms with van der Waals surface area (Å²) in [5, 5.41) is 14.3. The van der Waals surface area contributed by atoms with Gasteiger partial charge in [-0.3, -0.25) is 4.79 Å². The van der Waals surface area contributed by atoms with E-state index in [1.165, 1.54) is 11.3 Å². The van der Waals surface area contributed by atoms with Crippen LogP contribution in [-0.2, 0) is 6.54 Å². The number of rotatable bonds is 7. The van der Waals surface area contributed by atoms with Crippen molar-refractivity contribution >= 4 is 17.2 Å². The van der Waals surface area contributed by atoms with Crippen molar-refractivity contribution in [3.8, 4) is 0 Å². The van der Waals surface area contributed by atoms with Gasteiger partial charge in [0.25, 0.3) is 0 Å². The Kier molecular flexibility index (Phi) is 5.45. The van der Waals surface area contributed by atoms with Gasteiger partial charge >= 0.3 is 0 Å². The summed E-state index contributed by atoms with van der Waals surface area (Å²) in [6.45, 7) is 3.45. The highest BCUT2D eigenvalue weighted by molar-refractivity contribution is 7.10. The molecular weight excluding hydrogens is 224 g/mol. The molecule has 1 aromatic rings. The van der Waals surface area contributed by atoms with Crippen molar-refractivity contribution in [2.75, 3.05) is 6.54 Å². The summed E-state index contributed by atoms with van der Waals surface area (Å²) in [5.41, 5.74) is 5.72. The van der Waals surface area contributed by atoms with Crippen molar-refractivity contribution in [3.63, 3.8) is 0 Å². The molecule has 0 spiro atoms. The Bertz CT molecular complexity index is 338. The third kappa shape index (κ3) is 4.30. The first-order chi connectivity index (χ1) is 7.63. The number of primary amides is 1. The van der Waals surface area contributed by atoms with E-state index in [2.05, 4.69) is 5.32 Å². The lowest BCUT2D eigenvalue weighted by Gasteiger charge is -2.07. The number of hydrogen-bond donors (Lipinski definition) is 3. The number of nitrogens with two attached hydrogens (primary N) is 1. The summed E-state index contributed by atoms with van der Waals surface area (Å²) in [6.07, 6.45) is 1.31. The molecule has 0 radical (unpaired) electrons. The molecule has 0 saturated heterocycles. The van der Waals surface area contributed by atoms with Crippen molar-refractivity contribution in [1.29, 1.82) is 0 Å². The fraction of sp³-hybridized carbons (Fsp3) is 0.545. The highest BCUT2D eigenvalue weighted by Gasteiger charge is 2.04. The first-order valence-electron chi connectivity index (χ1n) is 5.39. The number of aliphatic hydroxyl groups is 1. The van der Waals surface area contributed by atoms with Crippen molar-refractivity contribution in [2.24, 2.45) is 5.73 Å². The predicted molar refractivity (Wildman–Crippen MR) is 65.5 cm³/mol. The maximum Gasteiger partial charge on any atom is 0.249 e. The van der Waals surface area contributed by atoms with Crippen LogP contribution in [0.2, 0.25) is 0 Å². The molecule has 0 aliphatic rings. The van der Waals surface area contributed by atoms with Gasteiger partial charge in [0.15, 0.2) is 0 Å². The zero-order chi connectivity index (χ0) is 12.0. The van der Waals surface area contributed by atoms with E-state index in [4.69, 9.17) is 5.73 Å². The van der Waals surface area contributed by atoms with E-state index >= 15 is 0 Å². The Morgan fingerprint density at radius 1 is 1.69 bits per heavy atom. The zero-order valence-electron chi connectivity index (χ0n) is 9.40. The molecule has 5 heteroatoms. The van der Waals surface area contributed by atoms with Gasteiger partial charge in [0.2, 0.25) is 5.91 Å². The molecule has 0 aliphatic carbocycles. The molecule has 16 heavy (non-hydrogen) atoms. The van der Waals surface area contributed by atoms with Crippen LogP contribution in [-0.4, -0.2) is 23.7 Å². The fourth-order valence-electron chi connectivity index (χ4n) is 1.29. The smallest absolute Gasteiger partial charge is 0.249 e. The van der Waals surface area contributed by atoms with E-state index < -0.39 is 0 Å². The lowest BCUT2D eigenvalue weighted by molar-refractivity contribution is 0.100. The summed E-state index contributed by atoms with van der Waals surface area (Å²) in [4.78, 5) is 11.9. The van der Waals surface area contributed by atoms with Gasteiger partial charge in [0.05, 0.1) is 11.7 Å². The molecular formula is C11H18N2O2S. The SMILES string of the molecule is CCC(O)CCNCc1cc(C(N)=O)cs1. The maximum absolute atomic E-state index is 10.8. The summed E-state index contributed by atoms with van der Waals surface area (Å²) < 4.78 is 0. The quantitative estimate of drug-likeness (QED) is 0.627. The molecule has 1 heterocycles. The molecule has 0 fully saturated rings. The van der Waals surface area contributed by atoms with Gasteiger partial charge < -0.3 is 16.2 Å². The lowest BCUT2D eigenvalue weighted by Crippen LogP contribution is -2.19. The summed E-state index contributed by atoms with van der Waals surface area (Å²) >= 11 is 1.52. The van der Waals surface area contributed by atoms with E-state index in [-0.39, 0.29) is 12.0 Å². The average molecular weight is 242 g/mol. The van der Waals surface area contributed by atoms with Gasteiger partial charge in [-0.05, 0) is 25.5 Å². The maximum atomic E-state index is 10.8. The molecule has 1 amide bonds. The van der Waals surface area contributed by atoms with Gasteiger partial charge in [-0.25, -0.2) is 0 Å². The third-order valence-corrected chi connectivity index (χ3v) is 3.30.